The Balaban J connectivity index is 3.09. The van der Waals surface area contributed by atoms with Crippen LogP contribution < -0.4 is 0 Å². The van der Waals surface area contributed by atoms with Crippen molar-refractivity contribution >= 4 is 28.9 Å². The number of nitrogens with one attached hydrogen (secondary N) is 1. The number of carbonyl (C=O) groups excluding carboxylic acids is 1. The molecule has 0 aromatic carbocycles. The van der Waals surface area contributed by atoms with Crippen molar-refractivity contribution in [2.24, 2.45) is 0 Å². The molecule has 0 bridgehead atoms. The first-order chi connectivity index (χ1) is 3.84. The normalized spacial score (nSPS) is 9.12. The zero-order valence-corrected chi connectivity index (χ0v) is 6.18. The Morgan fingerprint density at radius 3 is 2.62 bits per heavy atom. The third-order valence-corrected chi connectivity index (χ3v) is 1.79. The van der Waals surface area contributed by atoms with Gasteiger partial charge in [0.05, 0.1) is 0 Å². The van der Waals surface area contributed by atoms with Crippen LogP contribution in [0.1, 0.15) is 10.4 Å². The molecule has 0 aliphatic heterocycles. The number of aldehydes is 1. The Labute approximate surface area is 60.4 Å². The lowest BCUT2D eigenvalue weighted by molar-refractivity contribution is 0.112. The molecule has 0 aliphatic carbocycles. The van der Waals surface area contributed by atoms with Gasteiger partial charge in [0, 0.05) is 21.5 Å². The van der Waals surface area contributed by atoms with Gasteiger partial charge in [-0.1, -0.05) is 0 Å². The second kappa shape index (κ2) is 2.30. The van der Waals surface area contributed by atoms with Crippen molar-refractivity contribution in [3.8, 4) is 0 Å². The molecule has 0 atom stereocenters. The van der Waals surface area contributed by atoms with E-state index >= 15 is 0 Å². The molecule has 1 N–H and O–H groups in total. The maximum Gasteiger partial charge on any atom is 0.152 e. The van der Waals surface area contributed by atoms with Crippen LogP contribution in [-0.2, 0) is 0 Å². The summed E-state index contributed by atoms with van der Waals surface area (Å²) in [5.74, 6) is 0. The molecular weight excluding hydrogens is 217 g/mol. The van der Waals surface area contributed by atoms with E-state index in [1.807, 2.05) is 0 Å². The van der Waals surface area contributed by atoms with Gasteiger partial charge in [0.1, 0.15) is 0 Å². The summed E-state index contributed by atoms with van der Waals surface area (Å²) in [5.41, 5.74) is 0.727. The van der Waals surface area contributed by atoms with Gasteiger partial charge in [0.15, 0.2) is 6.29 Å². The van der Waals surface area contributed by atoms with Crippen LogP contribution in [0.15, 0.2) is 12.4 Å². The predicted molar refractivity (Wildman–Crippen MR) is 38.9 cm³/mol. The molecular formula is C5H4INO. The standard InChI is InChI=1S/C5H4INO/c6-5-2-7-1-4(5)3-8/h1-3,7H. The van der Waals surface area contributed by atoms with Gasteiger partial charge in [-0.3, -0.25) is 4.79 Å². The van der Waals surface area contributed by atoms with E-state index in [-0.39, 0.29) is 0 Å². The van der Waals surface area contributed by atoms with E-state index in [4.69, 9.17) is 0 Å². The second-order valence-corrected chi connectivity index (χ2v) is 2.54. The summed E-state index contributed by atoms with van der Waals surface area (Å²) in [4.78, 5) is 12.9. The smallest absolute Gasteiger partial charge is 0.152 e. The van der Waals surface area contributed by atoms with E-state index in [2.05, 4.69) is 27.6 Å². The molecule has 0 radical (unpaired) electrons. The van der Waals surface area contributed by atoms with E-state index in [1.165, 1.54) is 0 Å². The Hall–Kier alpha value is -0.320. The molecule has 0 aliphatic rings. The highest BCUT2D eigenvalue weighted by Gasteiger charge is 1.94. The Morgan fingerprint density at radius 1 is 1.62 bits per heavy atom. The number of halogens is 1. The summed E-state index contributed by atoms with van der Waals surface area (Å²) in [7, 11) is 0. The fourth-order valence-electron chi connectivity index (χ4n) is 0.447. The molecule has 8 heavy (non-hydrogen) atoms. The number of carbonyl (C=O) groups is 1. The highest BCUT2D eigenvalue weighted by Crippen LogP contribution is 2.06. The maximum absolute atomic E-state index is 10.1. The molecule has 0 spiro atoms. The lowest BCUT2D eigenvalue weighted by atomic mass is 10.4. The van der Waals surface area contributed by atoms with E-state index in [1.54, 1.807) is 12.4 Å². The van der Waals surface area contributed by atoms with Crippen LogP contribution in [-0.4, -0.2) is 11.3 Å². The Morgan fingerprint density at radius 2 is 2.38 bits per heavy atom. The van der Waals surface area contributed by atoms with Crippen molar-refractivity contribution in [3.63, 3.8) is 0 Å². The molecule has 0 amide bonds. The van der Waals surface area contributed by atoms with Gasteiger partial charge in [-0.15, -0.1) is 0 Å². The molecule has 3 heteroatoms. The summed E-state index contributed by atoms with van der Waals surface area (Å²) in [6.45, 7) is 0. The highest BCUT2D eigenvalue weighted by molar-refractivity contribution is 14.1. The maximum atomic E-state index is 10.1. The SMILES string of the molecule is O=Cc1c[nH]cc1I. The topological polar surface area (TPSA) is 32.9 Å². The monoisotopic (exact) mass is 221 g/mol. The third kappa shape index (κ3) is 0.912. The van der Waals surface area contributed by atoms with Crippen molar-refractivity contribution in [1.82, 2.24) is 4.98 Å². The molecule has 0 unspecified atom stereocenters. The third-order valence-electron chi connectivity index (χ3n) is 0.852. The van der Waals surface area contributed by atoms with Gasteiger partial charge in [-0.2, -0.15) is 0 Å². The number of aromatic nitrogens is 1. The quantitative estimate of drug-likeness (QED) is 0.564. The molecule has 1 heterocycles. The molecule has 1 aromatic heterocycles. The molecule has 2 nitrogen and oxygen atoms in total. The highest BCUT2D eigenvalue weighted by atomic mass is 127. The first-order valence-electron chi connectivity index (χ1n) is 2.12. The van der Waals surface area contributed by atoms with E-state index < -0.39 is 0 Å². The van der Waals surface area contributed by atoms with Gasteiger partial charge in [-0.05, 0) is 22.6 Å². The van der Waals surface area contributed by atoms with Crippen molar-refractivity contribution in [3.05, 3.63) is 21.5 Å². The second-order valence-electron chi connectivity index (χ2n) is 1.38. The average molecular weight is 221 g/mol. The van der Waals surface area contributed by atoms with Gasteiger partial charge in [-0.25, -0.2) is 0 Å². The van der Waals surface area contributed by atoms with Crippen molar-refractivity contribution < 1.29 is 4.79 Å². The minimum Gasteiger partial charge on any atom is -0.366 e. The number of hydrogen-bond donors (Lipinski definition) is 1. The van der Waals surface area contributed by atoms with Gasteiger partial charge < -0.3 is 4.98 Å². The van der Waals surface area contributed by atoms with Crippen LogP contribution in [0.25, 0.3) is 0 Å². The molecule has 1 aromatic rings. The van der Waals surface area contributed by atoms with Gasteiger partial charge in [0.2, 0.25) is 0 Å². The minimum atomic E-state index is 0.727. The van der Waals surface area contributed by atoms with E-state index in [0.717, 1.165) is 15.4 Å². The Bertz CT molecular complexity index is 194. The van der Waals surface area contributed by atoms with Gasteiger partial charge in [0.25, 0.3) is 0 Å². The number of aromatic amines is 1. The minimum absolute atomic E-state index is 0.727. The van der Waals surface area contributed by atoms with Crippen LogP contribution >= 0.6 is 22.6 Å². The van der Waals surface area contributed by atoms with Gasteiger partial charge >= 0.3 is 0 Å². The van der Waals surface area contributed by atoms with Crippen LogP contribution in [0.3, 0.4) is 0 Å². The van der Waals surface area contributed by atoms with Crippen molar-refractivity contribution in [2.45, 2.75) is 0 Å². The zero-order chi connectivity index (χ0) is 5.98. The predicted octanol–water partition coefficient (Wildman–Crippen LogP) is 1.43. The van der Waals surface area contributed by atoms with Crippen molar-refractivity contribution in [2.75, 3.05) is 0 Å². The molecule has 0 fully saturated rings. The lowest BCUT2D eigenvalue weighted by Gasteiger charge is -1.76. The van der Waals surface area contributed by atoms with E-state index in [9.17, 15) is 4.79 Å². The molecule has 0 saturated heterocycles. The lowest BCUT2D eigenvalue weighted by Crippen LogP contribution is -1.73. The largest absolute Gasteiger partial charge is 0.366 e. The fraction of sp³-hybridized carbons (Fsp3) is 0. The number of rotatable bonds is 1. The van der Waals surface area contributed by atoms with E-state index in [0.29, 0.717) is 0 Å². The summed E-state index contributed by atoms with van der Waals surface area (Å²) < 4.78 is 0.970. The summed E-state index contributed by atoms with van der Waals surface area (Å²) in [5, 5.41) is 0. The van der Waals surface area contributed by atoms with Crippen LogP contribution in [0.5, 0.6) is 0 Å². The zero-order valence-electron chi connectivity index (χ0n) is 4.02. The summed E-state index contributed by atoms with van der Waals surface area (Å²) in [6.07, 6.45) is 4.29. The van der Waals surface area contributed by atoms with Crippen molar-refractivity contribution in [1.29, 1.82) is 0 Å². The average Bonchev–Trinajstić information content (AvgIpc) is 2.14. The van der Waals surface area contributed by atoms with Crippen LogP contribution in [0, 0.1) is 3.57 Å². The summed E-state index contributed by atoms with van der Waals surface area (Å²) in [6, 6.07) is 0. The fourth-order valence-corrected chi connectivity index (χ4v) is 0.910. The first-order valence-corrected chi connectivity index (χ1v) is 3.20. The molecule has 1 rings (SSSR count). The first kappa shape index (κ1) is 5.81. The number of H-pyrrole nitrogens is 1. The number of hydrogen-bond acceptors (Lipinski definition) is 1. The van der Waals surface area contributed by atoms with Crippen LogP contribution in [0.2, 0.25) is 0 Å². The molecule has 42 valence electrons. The molecule has 0 saturated carbocycles. The van der Waals surface area contributed by atoms with Crippen LogP contribution in [0.4, 0.5) is 0 Å². The Kier molecular flexibility index (Phi) is 1.67. The summed E-state index contributed by atoms with van der Waals surface area (Å²) >= 11 is 2.09.